The molecule has 0 fully saturated rings. The van der Waals surface area contributed by atoms with Crippen LogP contribution < -0.4 is 5.73 Å². The van der Waals surface area contributed by atoms with E-state index in [1.54, 1.807) is 26.0 Å². The molecule has 2 N–H and O–H groups in total. The Morgan fingerprint density at radius 1 is 1.15 bits per heavy atom. The molecule has 0 aliphatic heterocycles. The topological polar surface area (TPSA) is 43.1 Å². The molecule has 0 unspecified atom stereocenters. The number of carbonyl (C=O) groups excluding carboxylic acids is 1. The maximum atomic E-state index is 11.6. The van der Waals surface area contributed by atoms with E-state index in [4.69, 9.17) is 5.73 Å². The molecule has 0 bridgehead atoms. The second-order valence-corrected chi connectivity index (χ2v) is 3.00. The van der Waals surface area contributed by atoms with Gasteiger partial charge in [0.1, 0.15) is 0 Å². The van der Waals surface area contributed by atoms with E-state index in [9.17, 15) is 4.79 Å². The van der Waals surface area contributed by atoms with E-state index >= 15 is 0 Å². The average Bonchev–Trinajstić information content (AvgIpc) is 2.17. The molecule has 68 valence electrons. The Hall–Kier alpha value is -1.57. The fourth-order valence-corrected chi connectivity index (χ4v) is 0.985. The van der Waals surface area contributed by atoms with Gasteiger partial charge in [0.05, 0.1) is 0 Å². The van der Waals surface area contributed by atoms with Gasteiger partial charge in [0.15, 0.2) is 5.78 Å². The minimum atomic E-state index is 0.000556. The molecule has 1 aromatic carbocycles. The lowest BCUT2D eigenvalue weighted by molar-refractivity contribution is 0.103. The van der Waals surface area contributed by atoms with Crippen molar-refractivity contribution in [3.05, 3.63) is 47.2 Å². The highest BCUT2D eigenvalue weighted by molar-refractivity contribution is 6.08. The van der Waals surface area contributed by atoms with Crippen molar-refractivity contribution in [3.8, 4) is 0 Å². The van der Waals surface area contributed by atoms with E-state index < -0.39 is 0 Å². The average molecular weight is 175 g/mol. The molecule has 13 heavy (non-hydrogen) atoms. The zero-order valence-electron chi connectivity index (χ0n) is 7.87. The lowest BCUT2D eigenvalue weighted by Gasteiger charge is -2.02. The standard InChI is InChI=1S/C11H13NO/c1-8(9(2)12)11(13)10-6-4-3-5-7-10/h3-7H,12H2,1-2H3. The molecule has 2 nitrogen and oxygen atoms in total. The molecular formula is C11H13NO. The van der Waals surface area contributed by atoms with Crippen LogP contribution in [0.1, 0.15) is 24.2 Å². The van der Waals surface area contributed by atoms with Crippen molar-refractivity contribution < 1.29 is 4.79 Å². The summed E-state index contributed by atoms with van der Waals surface area (Å²) >= 11 is 0. The number of allylic oxidation sites excluding steroid dienone is 2. The first kappa shape index (κ1) is 9.52. The van der Waals surface area contributed by atoms with E-state index in [1.165, 1.54) is 0 Å². The number of benzene rings is 1. The molecule has 0 aliphatic carbocycles. The first-order valence-corrected chi connectivity index (χ1v) is 4.15. The largest absolute Gasteiger partial charge is 0.402 e. The van der Waals surface area contributed by atoms with Crippen LogP contribution in [-0.4, -0.2) is 5.78 Å². The molecule has 0 heterocycles. The molecule has 0 amide bonds. The fourth-order valence-electron chi connectivity index (χ4n) is 0.985. The van der Waals surface area contributed by atoms with Crippen LogP contribution in [0.4, 0.5) is 0 Å². The molecule has 2 heteroatoms. The number of hydrogen-bond donors (Lipinski definition) is 1. The number of nitrogens with two attached hydrogens (primary N) is 1. The van der Waals surface area contributed by atoms with E-state index in [2.05, 4.69) is 0 Å². The van der Waals surface area contributed by atoms with Crippen LogP contribution in [0.25, 0.3) is 0 Å². The highest BCUT2D eigenvalue weighted by Crippen LogP contribution is 2.08. The van der Waals surface area contributed by atoms with E-state index in [1.807, 2.05) is 18.2 Å². The van der Waals surface area contributed by atoms with Crippen LogP contribution in [0, 0.1) is 0 Å². The maximum absolute atomic E-state index is 11.6. The van der Waals surface area contributed by atoms with Crippen LogP contribution in [0.3, 0.4) is 0 Å². The SMILES string of the molecule is CC(N)=C(C)C(=O)c1ccccc1. The van der Waals surface area contributed by atoms with Gasteiger partial charge >= 0.3 is 0 Å². The van der Waals surface area contributed by atoms with Gasteiger partial charge in [-0.3, -0.25) is 4.79 Å². The van der Waals surface area contributed by atoms with Crippen molar-refractivity contribution in [2.24, 2.45) is 5.73 Å². The third-order valence-electron chi connectivity index (χ3n) is 1.97. The Kier molecular flexibility index (Phi) is 2.85. The molecule has 0 atom stereocenters. The van der Waals surface area contributed by atoms with Crippen molar-refractivity contribution in [1.82, 2.24) is 0 Å². The van der Waals surface area contributed by atoms with Gasteiger partial charge in [-0.15, -0.1) is 0 Å². The first-order chi connectivity index (χ1) is 6.13. The van der Waals surface area contributed by atoms with E-state index in [0.29, 0.717) is 16.8 Å². The molecule has 0 spiro atoms. The fraction of sp³-hybridized carbons (Fsp3) is 0.182. The van der Waals surface area contributed by atoms with Crippen molar-refractivity contribution in [3.63, 3.8) is 0 Å². The van der Waals surface area contributed by atoms with E-state index in [-0.39, 0.29) is 5.78 Å². The lowest BCUT2D eigenvalue weighted by Crippen LogP contribution is -2.06. The smallest absolute Gasteiger partial charge is 0.190 e. The normalized spacial score (nSPS) is 12.2. The minimum absolute atomic E-state index is 0.000556. The van der Waals surface area contributed by atoms with E-state index in [0.717, 1.165) is 0 Å². The summed E-state index contributed by atoms with van der Waals surface area (Å²) in [5.74, 6) is 0.000556. The van der Waals surface area contributed by atoms with Gasteiger partial charge in [-0.25, -0.2) is 0 Å². The lowest BCUT2D eigenvalue weighted by atomic mass is 10.0. The second-order valence-electron chi connectivity index (χ2n) is 3.00. The summed E-state index contributed by atoms with van der Waals surface area (Å²) in [6, 6.07) is 9.13. The van der Waals surface area contributed by atoms with Gasteiger partial charge < -0.3 is 5.73 Å². The third kappa shape index (κ3) is 2.18. The number of ketones is 1. The second kappa shape index (κ2) is 3.90. The Labute approximate surface area is 78.1 Å². The summed E-state index contributed by atoms with van der Waals surface area (Å²) in [5, 5.41) is 0. The molecule has 1 aromatic rings. The van der Waals surface area contributed by atoms with Crippen LogP contribution in [0.2, 0.25) is 0 Å². The first-order valence-electron chi connectivity index (χ1n) is 4.15. The monoisotopic (exact) mass is 175 g/mol. The van der Waals surface area contributed by atoms with Crippen LogP contribution >= 0.6 is 0 Å². The van der Waals surface area contributed by atoms with Crippen molar-refractivity contribution in [1.29, 1.82) is 0 Å². The Morgan fingerprint density at radius 2 is 1.69 bits per heavy atom. The number of hydrogen-bond acceptors (Lipinski definition) is 2. The van der Waals surface area contributed by atoms with Gasteiger partial charge in [-0.05, 0) is 13.8 Å². The summed E-state index contributed by atoms with van der Waals surface area (Å²) in [6.07, 6.45) is 0. The minimum Gasteiger partial charge on any atom is -0.402 e. The highest BCUT2D eigenvalue weighted by atomic mass is 16.1. The summed E-state index contributed by atoms with van der Waals surface area (Å²) < 4.78 is 0. The summed E-state index contributed by atoms with van der Waals surface area (Å²) in [5.41, 5.74) is 7.41. The molecular weight excluding hydrogens is 162 g/mol. The molecule has 0 saturated carbocycles. The Balaban J connectivity index is 3.00. The molecule has 0 aliphatic rings. The third-order valence-corrected chi connectivity index (χ3v) is 1.97. The van der Waals surface area contributed by atoms with Crippen LogP contribution in [0.15, 0.2) is 41.6 Å². The van der Waals surface area contributed by atoms with Gasteiger partial charge in [0, 0.05) is 16.8 Å². The number of carbonyl (C=O) groups is 1. The van der Waals surface area contributed by atoms with Crippen molar-refractivity contribution >= 4 is 5.78 Å². The van der Waals surface area contributed by atoms with Crippen molar-refractivity contribution in [2.75, 3.05) is 0 Å². The molecule has 0 aromatic heterocycles. The van der Waals surface area contributed by atoms with Gasteiger partial charge in [0.25, 0.3) is 0 Å². The quantitative estimate of drug-likeness (QED) is 0.552. The predicted octanol–water partition coefficient (Wildman–Crippen LogP) is 2.12. The zero-order valence-corrected chi connectivity index (χ0v) is 7.87. The molecule has 0 radical (unpaired) electrons. The van der Waals surface area contributed by atoms with Crippen molar-refractivity contribution in [2.45, 2.75) is 13.8 Å². The Morgan fingerprint density at radius 3 is 2.15 bits per heavy atom. The maximum Gasteiger partial charge on any atom is 0.190 e. The number of Topliss-reactive ketones (excluding diaryl/α,β-unsaturated/α-hetero) is 1. The van der Waals surface area contributed by atoms with Gasteiger partial charge in [-0.2, -0.15) is 0 Å². The summed E-state index contributed by atoms with van der Waals surface area (Å²) in [4.78, 5) is 11.6. The Bertz CT molecular complexity index is 334. The number of rotatable bonds is 2. The van der Waals surface area contributed by atoms with Gasteiger partial charge in [-0.1, -0.05) is 30.3 Å². The summed E-state index contributed by atoms with van der Waals surface area (Å²) in [7, 11) is 0. The predicted molar refractivity (Wildman–Crippen MR) is 53.3 cm³/mol. The highest BCUT2D eigenvalue weighted by Gasteiger charge is 2.08. The molecule has 1 rings (SSSR count). The molecule has 0 saturated heterocycles. The van der Waals surface area contributed by atoms with Crippen LogP contribution in [0.5, 0.6) is 0 Å². The van der Waals surface area contributed by atoms with Gasteiger partial charge in [0.2, 0.25) is 0 Å². The summed E-state index contributed by atoms with van der Waals surface area (Å²) in [6.45, 7) is 3.47. The van der Waals surface area contributed by atoms with Crippen LogP contribution in [-0.2, 0) is 0 Å². The zero-order chi connectivity index (χ0) is 9.84.